The van der Waals surface area contributed by atoms with E-state index in [0.717, 1.165) is 16.3 Å². The lowest BCUT2D eigenvalue weighted by Gasteiger charge is -2.07. The van der Waals surface area contributed by atoms with Gasteiger partial charge in [-0.25, -0.2) is 10.2 Å². The van der Waals surface area contributed by atoms with Crippen LogP contribution >= 0.6 is 15.9 Å². The highest BCUT2D eigenvalue weighted by atomic mass is 79.9. The van der Waals surface area contributed by atoms with E-state index in [1.54, 1.807) is 48.5 Å². The monoisotopic (exact) mass is 472 g/mol. The molecule has 6 heteroatoms. The van der Waals surface area contributed by atoms with E-state index in [4.69, 9.17) is 4.74 Å². The molecule has 1 N–H and O–H groups in total. The summed E-state index contributed by atoms with van der Waals surface area (Å²) < 4.78 is 6.21. The predicted octanol–water partition coefficient (Wildman–Crippen LogP) is 5.59. The zero-order valence-corrected chi connectivity index (χ0v) is 17.9. The molecule has 0 saturated heterocycles. The van der Waals surface area contributed by atoms with Crippen molar-refractivity contribution in [3.63, 3.8) is 0 Å². The number of carbonyl (C=O) groups excluding carboxylic acids is 2. The maximum absolute atomic E-state index is 12.6. The fraction of sp³-hybridized carbons (Fsp3) is 0. The smallest absolute Gasteiger partial charge is 0.344 e. The molecule has 1 amide bonds. The Hall–Kier alpha value is -3.77. The van der Waals surface area contributed by atoms with Crippen molar-refractivity contribution in [2.45, 2.75) is 0 Å². The lowest BCUT2D eigenvalue weighted by Crippen LogP contribution is -2.18. The Balaban J connectivity index is 1.40. The molecule has 4 aromatic rings. The molecule has 0 saturated carbocycles. The van der Waals surface area contributed by atoms with Gasteiger partial charge in [-0.3, -0.25) is 4.79 Å². The molecule has 152 valence electrons. The van der Waals surface area contributed by atoms with Gasteiger partial charge in [0.1, 0.15) is 5.75 Å². The number of nitrogens with zero attached hydrogens (tertiary/aromatic N) is 1. The number of nitrogens with one attached hydrogen (secondary N) is 1. The fourth-order valence-electron chi connectivity index (χ4n) is 3.06. The van der Waals surface area contributed by atoms with Gasteiger partial charge in [0.05, 0.1) is 17.3 Å². The van der Waals surface area contributed by atoms with Crippen molar-refractivity contribution in [1.29, 1.82) is 0 Å². The number of halogens is 1. The maximum Gasteiger partial charge on any atom is 0.344 e. The van der Waals surface area contributed by atoms with Crippen molar-refractivity contribution < 1.29 is 14.3 Å². The second kappa shape index (κ2) is 9.36. The van der Waals surface area contributed by atoms with Gasteiger partial charge in [-0.2, -0.15) is 5.10 Å². The quantitative estimate of drug-likeness (QED) is 0.178. The number of esters is 1. The average molecular weight is 473 g/mol. The van der Waals surface area contributed by atoms with Crippen LogP contribution in [0.4, 0.5) is 0 Å². The Morgan fingerprint density at radius 3 is 2.29 bits per heavy atom. The number of amides is 1. The topological polar surface area (TPSA) is 67.8 Å². The van der Waals surface area contributed by atoms with Crippen LogP contribution in [0.15, 0.2) is 101 Å². The first kappa shape index (κ1) is 20.5. The molecule has 0 radical (unpaired) electrons. The Kier molecular flexibility index (Phi) is 6.19. The lowest BCUT2D eigenvalue weighted by molar-refractivity contribution is 0.0736. The summed E-state index contributed by atoms with van der Waals surface area (Å²) in [6.07, 6.45) is 1.52. The third kappa shape index (κ3) is 4.87. The van der Waals surface area contributed by atoms with Crippen molar-refractivity contribution in [3.8, 4) is 5.75 Å². The number of rotatable bonds is 5. The van der Waals surface area contributed by atoms with E-state index in [0.29, 0.717) is 21.3 Å². The van der Waals surface area contributed by atoms with Gasteiger partial charge in [-0.15, -0.1) is 0 Å². The number of fused-ring (bicyclic) bond motifs is 1. The zero-order chi connectivity index (χ0) is 21.6. The van der Waals surface area contributed by atoms with Crippen molar-refractivity contribution in [1.82, 2.24) is 5.43 Å². The SMILES string of the molecule is O=C(NN=Cc1ccc(OC(=O)c2cccc3ccccc23)cc1)c1ccccc1Br. The van der Waals surface area contributed by atoms with Crippen LogP contribution in [0, 0.1) is 0 Å². The zero-order valence-electron chi connectivity index (χ0n) is 16.3. The summed E-state index contributed by atoms with van der Waals surface area (Å²) in [4.78, 5) is 24.8. The van der Waals surface area contributed by atoms with E-state index >= 15 is 0 Å². The molecule has 0 aliphatic heterocycles. The molecular formula is C25H17BrN2O3. The van der Waals surface area contributed by atoms with Gasteiger partial charge in [0.2, 0.25) is 0 Å². The van der Waals surface area contributed by atoms with E-state index in [1.807, 2.05) is 42.5 Å². The Morgan fingerprint density at radius 2 is 1.48 bits per heavy atom. The van der Waals surface area contributed by atoms with Crippen LogP contribution in [0.25, 0.3) is 10.8 Å². The Labute approximate surface area is 187 Å². The molecule has 0 unspecified atom stereocenters. The maximum atomic E-state index is 12.6. The largest absolute Gasteiger partial charge is 0.423 e. The predicted molar refractivity (Wildman–Crippen MR) is 125 cm³/mol. The normalized spacial score (nSPS) is 10.9. The van der Waals surface area contributed by atoms with Gasteiger partial charge in [-0.05, 0) is 74.7 Å². The molecule has 0 aromatic heterocycles. The Bertz CT molecular complexity index is 1280. The molecule has 0 atom stereocenters. The van der Waals surface area contributed by atoms with Gasteiger partial charge < -0.3 is 4.74 Å². The number of hydrogen-bond acceptors (Lipinski definition) is 4. The van der Waals surface area contributed by atoms with Crippen molar-refractivity contribution in [3.05, 3.63) is 112 Å². The van der Waals surface area contributed by atoms with E-state index < -0.39 is 5.97 Å². The van der Waals surface area contributed by atoms with Crippen LogP contribution in [-0.4, -0.2) is 18.1 Å². The Morgan fingerprint density at radius 1 is 0.806 bits per heavy atom. The summed E-state index contributed by atoms with van der Waals surface area (Å²) in [5, 5.41) is 5.80. The minimum Gasteiger partial charge on any atom is -0.423 e. The molecule has 4 aromatic carbocycles. The van der Waals surface area contributed by atoms with Crippen molar-refractivity contribution >= 4 is 44.8 Å². The van der Waals surface area contributed by atoms with Crippen LogP contribution in [0.3, 0.4) is 0 Å². The average Bonchev–Trinajstić information content (AvgIpc) is 2.80. The fourth-order valence-corrected chi connectivity index (χ4v) is 3.52. The minimum absolute atomic E-state index is 0.315. The highest BCUT2D eigenvalue weighted by Gasteiger charge is 2.12. The molecule has 4 rings (SSSR count). The highest BCUT2D eigenvalue weighted by Crippen LogP contribution is 2.21. The number of hydrogen-bond donors (Lipinski definition) is 1. The molecule has 0 aliphatic rings. The third-order valence-corrected chi connectivity index (χ3v) is 5.29. The van der Waals surface area contributed by atoms with E-state index in [-0.39, 0.29) is 5.91 Å². The number of ether oxygens (including phenoxy) is 1. The van der Waals surface area contributed by atoms with Crippen molar-refractivity contribution in [2.75, 3.05) is 0 Å². The van der Waals surface area contributed by atoms with Gasteiger partial charge in [0, 0.05) is 4.47 Å². The molecule has 31 heavy (non-hydrogen) atoms. The third-order valence-electron chi connectivity index (χ3n) is 4.60. The van der Waals surface area contributed by atoms with Crippen LogP contribution in [0.2, 0.25) is 0 Å². The molecular weight excluding hydrogens is 456 g/mol. The summed E-state index contributed by atoms with van der Waals surface area (Å²) in [6.45, 7) is 0. The molecule has 5 nitrogen and oxygen atoms in total. The number of hydrazone groups is 1. The van der Waals surface area contributed by atoms with Gasteiger partial charge in [-0.1, -0.05) is 48.5 Å². The summed E-state index contributed by atoms with van der Waals surface area (Å²) in [6, 6.07) is 27.2. The minimum atomic E-state index is -0.418. The summed E-state index contributed by atoms with van der Waals surface area (Å²) in [5.74, 6) is -0.310. The molecule has 0 heterocycles. The van der Waals surface area contributed by atoms with Gasteiger partial charge in [0.25, 0.3) is 5.91 Å². The molecule has 0 fully saturated rings. The van der Waals surface area contributed by atoms with E-state index in [2.05, 4.69) is 26.5 Å². The summed E-state index contributed by atoms with van der Waals surface area (Å²) >= 11 is 3.34. The van der Waals surface area contributed by atoms with Crippen LogP contribution in [0.5, 0.6) is 5.75 Å². The standard InChI is InChI=1S/C25H17BrN2O3/c26-23-11-4-3-9-22(23)24(29)28-27-16-17-12-14-19(15-13-17)31-25(30)21-10-5-7-18-6-1-2-8-20(18)21/h1-16H,(H,28,29). The van der Waals surface area contributed by atoms with E-state index in [9.17, 15) is 9.59 Å². The first-order chi connectivity index (χ1) is 15.1. The number of benzene rings is 4. The second-order valence-corrected chi connectivity index (χ2v) is 7.52. The molecule has 0 aliphatic carbocycles. The number of carbonyl (C=O) groups is 2. The summed E-state index contributed by atoms with van der Waals surface area (Å²) in [5.41, 5.74) is 4.24. The second-order valence-electron chi connectivity index (χ2n) is 6.66. The van der Waals surface area contributed by atoms with Crippen molar-refractivity contribution in [2.24, 2.45) is 5.10 Å². The molecule has 0 spiro atoms. The summed E-state index contributed by atoms with van der Waals surface area (Å²) in [7, 11) is 0. The lowest BCUT2D eigenvalue weighted by atomic mass is 10.0. The molecule has 0 bridgehead atoms. The first-order valence-corrected chi connectivity index (χ1v) is 10.3. The van der Waals surface area contributed by atoms with Crippen LogP contribution in [-0.2, 0) is 0 Å². The van der Waals surface area contributed by atoms with Gasteiger partial charge in [0.15, 0.2) is 0 Å². The van der Waals surface area contributed by atoms with Gasteiger partial charge >= 0.3 is 5.97 Å². The highest BCUT2D eigenvalue weighted by molar-refractivity contribution is 9.10. The first-order valence-electron chi connectivity index (χ1n) is 9.50. The van der Waals surface area contributed by atoms with E-state index in [1.165, 1.54) is 6.21 Å². The van der Waals surface area contributed by atoms with Crippen LogP contribution < -0.4 is 10.2 Å². The van der Waals surface area contributed by atoms with Crippen LogP contribution in [0.1, 0.15) is 26.3 Å².